The Morgan fingerprint density at radius 2 is 1.55 bits per heavy atom. The Kier molecular flexibility index (Phi) is 3.29. The van der Waals surface area contributed by atoms with Crippen molar-refractivity contribution in [2.75, 3.05) is 5.73 Å². The third-order valence-electron chi connectivity index (χ3n) is 2.88. The molecule has 0 aliphatic carbocycles. The number of hydrogen-bond donors (Lipinski definition) is 1. The highest BCUT2D eigenvalue weighted by Gasteiger charge is 2.03. The third kappa shape index (κ3) is 2.59. The molecule has 0 saturated carbocycles. The summed E-state index contributed by atoms with van der Waals surface area (Å²) in [4.78, 5) is 7.82. The van der Waals surface area contributed by atoms with Gasteiger partial charge in [-0.3, -0.25) is 0 Å². The molecule has 2 aromatic carbocycles. The van der Waals surface area contributed by atoms with Crippen LogP contribution in [-0.4, -0.2) is 9.97 Å². The number of aromatic nitrogens is 2. The predicted molar refractivity (Wildman–Crippen MR) is 78.4 cm³/mol. The van der Waals surface area contributed by atoms with Crippen LogP contribution in [0.15, 0.2) is 67.1 Å². The lowest BCUT2D eigenvalue weighted by Gasteiger charge is -2.07. The van der Waals surface area contributed by atoms with Crippen LogP contribution in [0.1, 0.15) is 0 Å². The second-order valence-electron chi connectivity index (χ2n) is 4.28. The van der Waals surface area contributed by atoms with E-state index >= 15 is 0 Å². The molecule has 0 unspecified atom stereocenters. The second kappa shape index (κ2) is 5.40. The van der Waals surface area contributed by atoms with E-state index in [1.54, 1.807) is 0 Å². The summed E-state index contributed by atoms with van der Waals surface area (Å²) >= 11 is 0. The molecule has 0 saturated heterocycles. The Hall–Kier alpha value is -2.88. The van der Waals surface area contributed by atoms with Crippen molar-refractivity contribution in [3.63, 3.8) is 0 Å². The molecule has 4 nitrogen and oxygen atoms in total. The van der Waals surface area contributed by atoms with Crippen molar-refractivity contribution < 1.29 is 4.74 Å². The van der Waals surface area contributed by atoms with Gasteiger partial charge in [-0.15, -0.1) is 0 Å². The average molecular weight is 263 g/mol. The quantitative estimate of drug-likeness (QED) is 0.785. The molecule has 0 radical (unpaired) electrons. The first kappa shape index (κ1) is 12.2. The summed E-state index contributed by atoms with van der Waals surface area (Å²) in [5.74, 6) is 1.06. The molecule has 0 spiro atoms. The van der Waals surface area contributed by atoms with Gasteiger partial charge in [-0.1, -0.05) is 42.5 Å². The maximum absolute atomic E-state index is 5.74. The van der Waals surface area contributed by atoms with Crippen LogP contribution in [0.2, 0.25) is 0 Å². The van der Waals surface area contributed by atoms with E-state index in [-0.39, 0.29) is 0 Å². The van der Waals surface area contributed by atoms with Crippen molar-refractivity contribution >= 4 is 5.69 Å². The Morgan fingerprint density at radius 1 is 0.850 bits per heavy atom. The number of anilines is 1. The van der Waals surface area contributed by atoms with Gasteiger partial charge < -0.3 is 10.5 Å². The van der Waals surface area contributed by atoms with Gasteiger partial charge in [-0.25, -0.2) is 4.98 Å². The fourth-order valence-corrected chi connectivity index (χ4v) is 1.87. The minimum Gasteiger partial charge on any atom is -0.437 e. The minimum absolute atomic E-state index is 0.368. The predicted octanol–water partition coefficient (Wildman–Crippen LogP) is 3.52. The number of nitrogen functional groups attached to an aromatic ring is 1. The number of nitrogens with two attached hydrogens (primary N) is 1. The van der Waals surface area contributed by atoms with Gasteiger partial charge in [0.15, 0.2) is 0 Å². The van der Waals surface area contributed by atoms with Crippen LogP contribution in [-0.2, 0) is 0 Å². The van der Waals surface area contributed by atoms with E-state index in [2.05, 4.69) is 22.1 Å². The third-order valence-corrected chi connectivity index (χ3v) is 2.88. The largest absolute Gasteiger partial charge is 0.437 e. The minimum atomic E-state index is 0.368. The molecule has 98 valence electrons. The number of rotatable bonds is 3. The molecule has 2 N–H and O–H groups in total. The highest BCUT2D eigenvalue weighted by Crippen LogP contribution is 2.26. The van der Waals surface area contributed by atoms with E-state index in [0.717, 1.165) is 5.56 Å². The van der Waals surface area contributed by atoms with E-state index in [9.17, 15) is 0 Å². The summed E-state index contributed by atoms with van der Waals surface area (Å²) in [7, 11) is 0. The summed E-state index contributed by atoms with van der Waals surface area (Å²) in [5, 5.41) is 0. The molecular weight excluding hydrogens is 250 g/mol. The smallest absolute Gasteiger partial charge is 0.245 e. The first-order valence-corrected chi connectivity index (χ1v) is 6.22. The van der Waals surface area contributed by atoms with Gasteiger partial charge in [-0.2, -0.15) is 4.98 Å². The fraction of sp³-hybridized carbons (Fsp3) is 0. The molecule has 3 rings (SSSR count). The van der Waals surface area contributed by atoms with Gasteiger partial charge in [-0.05, 0) is 23.3 Å². The highest BCUT2D eigenvalue weighted by molar-refractivity contribution is 5.64. The number of benzene rings is 2. The Balaban J connectivity index is 1.82. The van der Waals surface area contributed by atoms with Crippen molar-refractivity contribution in [1.29, 1.82) is 0 Å². The van der Waals surface area contributed by atoms with Crippen molar-refractivity contribution in [2.24, 2.45) is 0 Å². The molecule has 3 aromatic rings. The Bertz CT molecular complexity index is 696. The van der Waals surface area contributed by atoms with E-state index in [0.29, 0.717) is 17.3 Å². The van der Waals surface area contributed by atoms with Crippen LogP contribution >= 0.6 is 0 Å². The van der Waals surface area contributed by atoms with Crippen molar-refractivity contribution in [2.45, 2.75) is 0 Å². The van der Waals surface area contributed by atoms with Crippen LogP contribution in [0.3, 0.4) is 0 Å². The Morgan fingerprint density at radius 3 is 2.25 bits per heavy atom. The average Bonchev–Trinajstić information content (AvgIpc) is 2.51. The molecule has 4 heteroatoms. The lowest BCUT2D eigenvalue weighted by Crippen LogP contribution is -1.95. The summed E-state index contributed by atoms with van der Waals surface area (Å²) in [6.07, 6.45) is 2.92. The summed E-state index contributed by atoms with van der Waals surface area (Å²) in [6.45, 7) is 0. The van der Waals surface area contributed by atoms with E-state index in [1.807, 2.05) is 42.5 Å². The van der Waals surface area contributed by atoms with Crippen LogP contribution in [0.25, 0.3) is 11.1 Å². The maximum atomic E-state index is 5.74. The zero-order valence-electron chi connectivity index (χ0n) is 10.7. The van der Waals surface area contributed by atoms with Gasteiger partial charge >= 0.3 is 0 Å². The molecule has 0 bridgehead atoms. The monoisotopic (exact) mass is 263 g/mol. The SMILES string of the molecule is Nc1cncnc1Oc1ccc(-c2ccccc2)cc1. The van der Waals surface area contributed by atoms with Gasteiger partial charge in [0.1, 0.15) is 17.8 Å². The van der Waals surface area contributed by atoms with E-state index in [4.69, 9.17) is 10.5 Å². The molecule has 1 aromatic heterocycles. The second-order valence-corrected chi connectivity index (χ2v) is 4.28. The molecule has 1 heterocycles. The lowest BCUT2D eigenvalue weighted by molar-refractivity contribution is 0.464. The molecule has 0 aliphatic rings. The zero-order valence-corrected chi connectivity index (χ0v) is 10.7. The lowest BCUT2D eigenvalue weighted by atomic mass is 10.1. The van der Waals surface area contributed by atoms with E-state index in [1.165, 1.54) is 18.1 Å². The van der Waals surface area contributed by atoms with Gasteiger partial charge in [0.2, 0.25) is 5.88 Å². The molecule has 20 heavy (non-hydrogen) atoms. The van der Waals surface area contributed by atoms with Crippen LogP contribution in [0.4, 0.5) is 5.69 Å². The summed E-state index contributed by atoms with van der Waals surface area (Å²) < 4.78 is 5.62. The topological polar surface area (TPSA) is 61.0 Å². The highest BCUT2D eigenvalue weighted by atomic mass is 16.5. The first-order valence-electron chi connectivity index (χ1n) is 6.22. The maximum Gasteiger partial charge on any atom is 0.245 e. The van der Waals surface area contributed by atoms with Crippen LogP contribution in [0, 0.1) is 0 Å². The standard InChI is InChI=1S/C16H13N3O/c17-15-10-18-11-19-16(15)20-14-8-6-13(7-9-14)12-4-2-1-3-5-12/h1-11H,17H2. The van der Waals surface area contributed by atoms with Gasteiger partial charge in [0.25, 0.3) is 0 Å². The van der Waals surface area contributed by atoms with Crippen LogP contribution in [0.5, 0.6) is 11.6 Å². The van der Waals surface area contributed by atoms with Crippen LogP contribution < -0.4 is 10.5 Å². The van der Waals surface area contributed by atoms with Gasteiger partial charge in [0, 0.05) is 0 Å². The van der Waals surface area contributed by atoms with Gasteiger partial charge in [0.05, 0.1) is 6.20 Å². The molecule has 0 aliphatic heterocycles. The number of ether oxygens (including phenoxy) is 1. The molecular formula is C16H13N3O. The fourth-order valence-electron chi connectivity index (χ4n) is 1.87. The number of nitrogens with zero attached hydrogens (tertiary/aromatic N) is 2. The summed E-state index contributed by atoms with van der Waals surface area (Å²) in [6, 6.07) is 18.0. The Labute approximate surface area is 116 Å². The first-order chi connectivity index (χ1) is 9.83. The van der Waals surface area contributed by atoms with Crippen molar-refractivity contribution in [3.05, 3.63) is 67.1 Å². The number of hydrogen-bond acceptors (Lipinski definition) is 4. The molecule has 0 atom stereocenters. The molecule has 0 fully saturated rings. The van der Waals surface area contributed by atoms with Crippen molar-refractivity contribution in [1.82, 2.24) is 9.97 Å². The van der Waals surface area contributed by atoms with E-state index < -0.39 is 0 Å². The molecule has 0 amide bonds. The van der Waals surface area contributed by atoms with Crippen molar-refractivity contribution in [3.8, 4) is 22.8 Å². The normalized spacial score (nSPS) is 10.2. The zero-order chi connectivity index (χ0) is 13.8. The summed E-state index contributed by atoms with van der Waals surface area (Å²) in [5.41, 5.74) is 8.46.